The van der Waals surface area contributed by atoms with Gasteiger partial charge < -0.3 is 0 Å². The summed E-state index contributed by atoms with van der Waals surface area (Å²) in [4.78, 5) is 0. The van der Waals surface area contributed by atoms with Crippen LogP contribution in [-0.2, 0) is 5.41 Å². The lowest BCUT2D eigenvalue weighted by atomic mass is 9.70. The molecule has 0 N–H and O–H groups in total. The second-order valence-corrected chi connectivity index (χ2v) is 15.5. The summed E-state index contributed by atoms with van der Waals surface area (Å²) >= 11 is 0. The SMILES string of the molecule is CCCCCCCCC1(CCCCCCCC)c2cc(-c3ccc(C(C)CC)cc3)ccc2-c2ccc(-c3ccccc3-c3ccccc3)cc21. The van der Waals surface area contributed by atoms with Crippen LogP contribution >= 0.6 is 0 Å². The first-order valence-electron chi connectivity index (χ1n) is 20.6. The Bertz CT molecular complexity index is 1790. The standard InChI is InChI=1S/C51H62/c1-5-8-10-12-14-21-35-51(36-22-15-13-11-9-6-2)49-37-43(41-29-27-40(28-30-41)39(4)7-3)31-33-47(49)48-34-32-44(38-50(48)51)46-26-20-19-25-45(46)42-23-17-16-18-24-42/h16-20,23-34,37-39H,5-15,21-22,35-36H2,1-4H3. The minimum absolute atomic E-state index is 0.0323. The highest BCUT2D eigenvalue weighted by molar-refractivity contribution is 5.89. The summed E-state index contributed by atoms with van der Waals surface area (Å²) in [5, 5.41) is 0. The molecular formula is C51H62. The smallest absolute Gasteiger partial charge is 0.0215 e. The second kappa shape index (κ2) is 18.0. The molecule has 0 amide bonds. The van der Waals surface area contributed by atoms with Gasteiger partial charge in [-0.3, -0.25) is 0 Å². The van der Waals surface area contributed by atoms with E-state index in [1.165, 1.54) is 146 Å². The van der Waals surface area contributed by atoms with Crippen LogP contribution in [0.2, 0.25) is 0 Å². The third-order valence-corrected chi connectivity index (χ3v) is 12.0. The third kappa shape index (κ3) is 8.43. The molecule has 1 aliphatic rings. The molecule has 0 saturated heterocycles. The van der Waals surface area contributed by atoms with Crippen molar-refractivity contribution >= 4 is 0 Å². The van der Waals surface area contributed by atoms with Crippen LogP contribution in [-0.4, -0.2) is 0 Å². The molecule has 6 rings (SSSR count). The van der Waals surface area contributed by atoms with Crippen LogP contribution < -0.4 is 0 Å². The number of hydrogen-bond donors (Lipinski definition) is 0. The Balaban J connectivity index is 1.44. The Hall–Kier alpha value is -3.90. The van der Waals surface area contributed by atoms with Crippen molar-refractivity contribution in [3.8, 4) is 44.5 Å². The Morgan fingerprint density at radius 3 is 1.45 bits per heavy atom. The molecule has 0 radical (unpaired) electrons. The predicted octanol–water partition coefficient (Wildman–Crippen LogP) is 16.0. The quantitative estimate of drug-likeness (QED) is 0.0765. The first-order valence-corrected chi connectivity index (χ1v) is 20.6. The van der Waals surface area contributed by atoms with Crippen molar-refractivity contribution in [3.63, 3.8) is 0 Å². The maximum atomic E-state index is 2.62. The fourth-order valence-electron chi connectivity index (χ4n) is 8.76. The van der Waals surface area contributed by atoms with Crippen molar-refractivity contribution in [1.29, 1.82) is 0 Å². The molecule has 0 spiro atoms. The maximum Gasteiger partial charge on any atom is 0.0215 e. The van der Waals surface area contributed by atoms with Crippen LogP contribution in [0.3, 0.4) is 0 Å². The topological polar surface area (TPSA) is 0 Å². The van der Waals surface area contributed by atoms with Gasteiger partial charge in [-0.2, -0.15) is 0 Å². The first-order chi connectivity index (χ1) is 25.1. The van der Waals surface area contributed by atoms with Gasteiger partial charge in [-0.25, -0.2) is 0 Å². The Kier molecular flexibility index (Phi) is 13.0. The summed E-state index contributed by atoms with van der Waals surface area (Å²) in [6, 6.07) is 44.4. The van der Waals surface area contributed by atoms with E-state index in [0.29, 0.717) is 5.92 Å². The zero-order valence-corrected chi connectivity index (χ0v) is 32.2. The summed E-state index contributed by atoms with van der Waals surface area (Å²) < 4.78 is 0. The lowest BCUT2D eigenvalue weighted by Gasteiger charge is -2.33. The molecule has 1 atom stereocenters. The molecule has 0 nitrogen and oxygen atoms in total. The molecule has 5 aromatic carbocycles. The average Bonchev–Trinajstić information content (AvgIpc) is 3.45. The summed E-state index contributed by atoms with van der Waals surface area (Å²) in [5.41, 5.74) is 15.5. The van der Waals surface area contributed by atoms with E-state index in [0.717, 1.165) is 0 Å². The van der Waals surface area contributed by atoms with E-state index in [1.807, 2.05) is 0 Å². The molecule has 0 fully saturated rings. The van der Waals surface area contributed by atoms with Crippen molar-refractivity contribution in [2.75, 3.05) is 0 Å². The number of unbranched alkanes of at least 4 members (excludes halogenated alkanes) is 10. The predicted molar refractivity (Wildman–Crippen MR) is 224 cm³/mol. The van der Waals surface area contributed by atoms with Crippen molar-refractivity contribution < 1.29 is 0 Å². The van der Waals surface area contributed by atoms with Crippen molar-refractivity contribution in [1.82, 2.24) is 0 Å². The Morgan fingerprint density at radius 1 is 0.412 bits per heavy atom. The summed E-state index contributed by atoms with van der Waals surface area (Å²) in [6.07, 6.45) is 19.6. The van der Waals surface area contributed by atoms with Gasteiger partial charge in [0.1, 0.15) is 0 Å². The molecule has 0 bridgehead atoms. The highest BCUT2D eigenvalue weighted by Gasteiger charge is 2.42. The van der Waals surface area contributed by atoms with Crippen LogP contribution in [0.4, 0.5) is 0 Å². The number of rotatable bonds is 19. The molecule has 0 aromatic heterocycles. The van der Waals surface area contributed by atoms with E-state index in [2.05, 4.69) is 143 Å². The molecule has 0 heteroatoms. The molecule has 0 saturated carbocycles. The Morgan fingerprint density at radius 2 is 0.882 bits per heavy atom. The van der Waals surface area contributed by atoms with E-state index < -0.39 is 0 Å². The van der Waals surface area contributed by atoms with E-state index in [9.17, 15) is 0 Å². The van der Waals surface area contributed by atoms with Crippen molar-refractivity contribution in [2.24, 2.45) is 0 Å². The van der Waals surface area contributed by atoms with E-state index in [1.54, 1.807) is 11.1 Å². The highest BCUT2D eigenvalue weighted by Crippen LogP contribution is 2.56. The molecule has 0 aliphatic heterocycles. The third-order valence-electron chi connectivity index (χ3n) is 12.0. The largest absolute Gasteiger partial charge is 0.0654 e. The second-order valence-electron chi connectivity index (χ2n) is 15.5. The first kappa shape index (κ1) is 36.9. The van der Waals surface area contributed by atoms with Crippen LogP contribution in [0.1, 0.15) is 147 Å². The van der Waals surface area contributed by atoms with Gasteiger partial charge in [-0.15, -0.1) is 0 Å². The minimum Gasteiger partial charge on any atom is -0.0654 e. The fourth-order valence-corrected chi connectivity index (χ4v) is 8.76. The van der Waals surface area contributed by atoms with Crippen molar-refractivity contribution in [3.05, 3.63) is 132 Å². The number of hydrogen-bond acceptors (Lipinski definition) is 0. The summed E-state index contributed by atoms with van der Waals surface area (Å²) in [7, 11) is 0. The zero-order valence-electron chi connectivity index (χ0n) is 32.2. The lowest BCUT2D eigenvalue weighted by molar-refractivity contribution is 0.398. The zero-order chi connectivity index (χ0) is 35.5. The van der Waals surface area contributed by atoms with Crippen LogP contribution in [0.25, 0.3) is 44.5 Å². The monoisotopic (exact) mass is 674 g/mol. The van der Waals surface area contributed by atoms with E-state index in [4.69, 9.17) is 0 Å². The normalized spacial score (nSPS) is 13.6. The fraction of sp³-hybridized carbons (Fsp3) is 0.412. The molecule has 51 heavy (non-hydrogen) atoms. The minimum atomic E-state index is 0.0323. The number of fused-ring (bicyclic) bond motifs is 3. The van der Waals surface area contributed by atoms with Gasteiger partial charge in [0.15, 0.2) is 0 Å². The summed E-state index contributed by atoms with van der Waals surface area (Å²) in [5.74, 6) is 0.595. The van der Waals surface area contributed by atoms with Gasteiger partial charge in [0.25, 0.3) is 0 Å². The van der Waals surface area contributed by atoms with Gasteiger partial charge >= 0.3 is 0 Å². The molecule has 1 aliphatic carbocycles. The van der Waals surface area contributed by atoms with Gasteiger partial charge in [0, 0.05) is 5.41 Å². The highest BCUT2D eigenvalue weighted by atomic mass is 14.5. The molecule has 1 unspecified atom stereocenters. The number of benzene rings is 5. The summed E-state index contributed by atoms with van der Waals surface area (Å²) in [6.45, 7) is 9.28. The van der Waals surface area contributed by atoms with E-state index in [-0.39, 0.29) is 5.41 Å². The Labute approximate surface area is 310 Å². The average molecular weight is 675 g/mol. The van der Waals surface area contributed by atoms with Crippen LogP contribution in [0, 0.1) is 0 Å². The van der Waals surface area contributed by atoms with Crippen LogP contribution in [0.15, 0.2) is 115 Å². The van der Waals surface area contributed by atoms with E-state index >= 15 is 0 Å². The van der Waals surface area contributed by atoms with Gasteiger partial charge in [-0.05, 0) is 98.5 Å². The lowest BCUT2D eigenvalue weighted by Crippen LogP contribution is -2.25. The van der Waals surface area contributed by atoms with Gasteiger partial charge in [0.2, 0.25) is 0 Å². The molecule has 5 aromatic rings. The molecule has 266 valence electrons. The van der Waals surface area contributed by atoms with Gasteiger partial charge in [0.05, 0.1) is 0 Å². The van der Waals surface area contributed by atoms with Crippen molar-refractivity contribution in [2.45, 2.75) is 135 Å². The molecule has 0 heterocycles. The molecular weight excluding hydrogens is 613 g/mol. The maximum absolute atomic E-state index is 2.62. The van der Waals surface area contributed by atoms with Gasteiger partial charge in [-0.1, -0.05) is 208 Å². The van der Waals surface area contributed by atoms with Crippen LogP contribution in [0.5, 0.6) is 0 Å².